The molecule has 6 aromatic rings. The van der Waals surface area contributed by atoms with Gasteiger partial charge >= 0.3 is 0 Å². The van der Waals surface area contributed by atoms with Crippen LogP contribution in [-0.4, -0.2) is 26.0 Å². The summed E-state index contributed by atoms with van der Waals surface area (Å²) in [6.45, 7) is 4.70. The second-order valence-corrected chi connectivity index (χ2v) is 12.8. The van der Waals surface area contributed by atoms with Crippen LogP contribution in [0.2, 0.25) is 0 Å². The van der Waals surface area contributed by atoms with Gasteiger partial charge in [0, 0.05) is 58.6 Å². The molecule has 0 N–H and O–H groups in total. The van der Waals surface area contributed by atoms with E-state index in [-0.39, 0.29) is 17.4 Å². The molecule has 6 heteroatoms. The van der Waals surface area contributed by atoms with Gasteiger partial charge in [-0.2, -0.15) is 0 Å². The Labute approximate surface area is 274 Å². The van der Waals surface area contributed by atoms with Crippen LogP contribution in [0.25, 0.3) is 22.8 Å². The molecule has 0 radical (unpaired) electrons. The molecule has 6 nitrogen and oxygen atoms in total. The summed E-state index contributed by atoms with van der Waals surface area (Å²) in [6, 6.07) is 34.7. The van der Waals surface area contributed by atoms with Crippen LogP contribution in [0.15, 0.2) is 146 Å². The molecule has 2 aromatic heterocycles. The fourth-order valence-corrected chi connectivity index (χ4v) is 7.64. The van der Waals surface area contributed by atoms with Crippen LogP contribution in [0.5, 0.6) is 0 Å². The van der Waals surface area contributed by atoms with Crippen LogP contribution in [0, 0.1) is 0 Å². The minimum absolute atomic E-state index is 0.170. The first kappa shape index (κ1) is 27.4. The SMILES string of the molecule is CC1(C)c2ccccc2N(c2cc(-c3ncccn3)cc(-c3ncccn3)c2)c2c1ccc1c2N(c2ccccc2)C2C=CC=CC12. The van der Waals surface area contributed by atoms with Gasteiger partial charge in [0.1, 0.15) is 0 Å². The van der Waals surface area contributed by atoms with Gasteiger partial charge in [0.05, 0.1) is 23.1 Å². The standard InChI is InChI=1S/C41H32N6/c1-41(2)33-15-7-9-17-36(33)47(30-25-27(39-42-20-10-21-43-39)24-28(26-30)40-44-22-11-23-45-40)38-34(41)19-18-32-31-14-6-8-16-35(31)46(37(32)38)29-12-4-3-5-13-29/h3-26,31,35H,1-2H3. The van der Waals surface area contributed by atoms with Gasteiger partial charge in [0.2, 0.25) is 0 Å². The molecule has 0 amide bonds. The van der Waals surface area contributed by atoms with E-state index in [0.717, 1.165) is 22.5 Å². The molecule has 2 atom stereocenters. The zero-order valence-corrected chi connectivity index (χ0v) is 26.2. The molecular weight excluding hydrogens is 576 g/mol. The maximum absolute atomic E-state index is 4.65. The third-order valence-electron chi connectivity index (χ3n) is 9.76. The number of hydrogen-bond donors (Lipinski definition) is 0. The highest BCUT2D eigenvalue weighted by Gasteiger charge is 2.45. The van der Waals surface area contributed by atoms with Gasteiger partial charge in [0.25, 0.3) is 0 Å². The predicted octanol–water partition coefficient (Wildman–Crippen LogP) is 9.44. The van der Waals surface area contributed by atoms with Crippen molar-refractivity contribution >= 4 is 28.4 Å². The summed E-state index contributed by atoms with van der Waals surface area (Å²) in [6.07, 6.45) is 16.2. The van der Waals surface area contributed by atoms with E-state index in [1.165, 1.54) is 33.8 Å². The predicted molar refractivity (Wildman–Crippen MR) is 189 cm³/mol. The van der Waals surface area contributed by atoms with Crippen LogP contribution in [0.4, 0.5) is 28.4 Å². The molecule has 4 aromatic carbocycles. The van der Waals surface area contributed by atoms with Crippen molar-refractivity contribution in [2.24, 2.45) is 0 Å². The van der Waals surface area contributed by atoms with Crippen LogP contribution in [0.1, 0.15) is 36.5 Å². The molecule has 4 heterocycles. The van der Waals surface area contributed by atoms with E-state index in [9.17, 15) is 0 Å². The highest BCUT2D eigenvalue weighted by atomic mass is 15.3. The molecule has 9 rings (SSSR count). The third-order valence-corrected chi connectivity index (χ3v) is 9.76. The van der Waals surface area contributed by atoms with E-state index in [1.807, 2.05) is 12.1 Å². The molecule has 0 bridgehead atoms. The molecule has 0 saturated heterocycles. The minimum Gasteiger partial charge on any atom is -0.332 e. The Bertz CT molecular complexity index is 2130. The third kappa shape index (κ3) is 4.25. The summed E-state index contributed by atoms with van der Waals surface area (Å²) in [5.74, 6) is 1.55. The zero-order valence-electron chi connectivity index (χ0n) is 26.2. The van der Waals surface area contributed by atoms with Gasteiger partial charge in [-0.3, -0.25) is 0 Å². The molecule has 3 aliphatic rings. The average Bonchev–Trinajstić information content (AvgIpc) is 3.47. The van der Waals surface area contributed by atoms with Crippen LogP contribution in [-0.2, 0) is 5.41 Å². The second-order valence-electron chi connectivity index (χ2n) is 12.8. The van der Waals surface area contributed by atoms with Gasteiger partial charge in [-0.25, -0.2) is 19.9 Å². The fraction of sp³-hybridized carbons (Fsp3) is 0.122. The number of benzene rings is 4. The maximum Gasteiger partial charge on any atom is 0.159 e. The molecule has 1 aliphatic carbocycles. The lowest BCUT2D eigenvalue weighted by molar-refractivity contribution is 0.632. The quantitative estimate of drug-likeness (QED) is 0.199. The monoisotopic (exact) mass is 608 g/mol. The Morgan fingerprint density at radius 3 is 1.91 bits per heavy atom. The number of allylic oxidation sites excluding steroid dienone is 2. The first-order valence-electron chi connectivity index (χ1n) is 16.1. The van der Waals surface area contributed by atoms with E-state index in [4.69, 9.17) is 0 Å². The number of nitrogens with zero attached hydrogens (tertiary/aromatic N) is 6. The minimum atomic E-state index is -0.245. The lowest BCUT2D eigenvalue weighted by Gasteiger charge is -2.44. The number of para-hydroxylation sites is 2. The Morgan fingerprint density at radius 1 is 0.574 bits per heavy atom. The Kier molecular flexibility index (Phi) is 6.18. The van der Waals surface area contributed by atoms with Crippen molar-refractivity contribution in [2.75, 3.05) is 9.80 Å². The molecule has 0 fully saturated rings. The first-order chi connectivity index (χ1) is 23.1. The summed E-state index contributed by atoms with van der Waals surface area (Å²) < 4.78 is 0. The number of fused-ring (bicyclic) bond motifs is 6. The van der Waals surface area contributed by atoms with Crippen molar-refractivity contribution in [3.05, 3.63) is 163 Å². The highest BCUT2D eigenvalue weighted by Crippen LogP contribution is 2.61. The lowest BCUT2D eigenvalue weighted by atomic mass is 9.72. The highest BCUT2D eigenvalue weighted by molar-refractivity contribution is 5.98. The van der Waals surface area contributed by atoms with Crippen LogP contribution < -0.4 is 9.80 Å². The van der Waals surface area contributed by atoms with Gasteiger partial charge in [-0.05, 0) is 65.2 Å². The zero-order chi connectivity index (χ0) is 31.5. The fourth-order valence-electron chi connectivity index (χ4n) is 7.64. The normalized spacial score (nSPS) is 18.3. The van der Waals surface area contributed by atoms with Crippen molar-refractivity contribution < 1.29 is 0 Å². The summed E-state index contributed by atoms with van der Waals surface area (Å²) in [4.78, 5) is 23.6. The van der Waals surface area contributed by atoms with Gasteiger partial charge < -0.3 is 9.80 Å². The van der Waals surface area contributed by atoms with E-state index in [0.29, 0.717) is 11.6 Å². The average molecular weight is 609 g/mol. The Morgan fingerprint density at radius 2 is 1.21 bits per heavy atom. The summed E-state index contributed by atoms with van der Waals surface area (Å²) in [7, 11) is 0. The number of hydrogen-bond acceptors (Lipinski definition) is 6. The number of rotatable bonds is 4. The van der Waals surface area contributed by atoms with E-state index >= 15 is 0 Å². The van der Waals surface area contributed by atoms with Crippen molar-refractivity contribution in [1.82, 2.24) is 19.9 Å². The molecule has 226 valence electrons. The Hall–Kier alpha value is -5.88. The molecule has 0 saturated carbocycles. The van der Waals surface area contributed by atoms with E-state index < -0.39 is 0 Å². The molecule has 2 unspecified atom stereocenters. The largest absolute Gasteiger partial charge is 0.332 e. The van der Waals surface area contributed by atoms with Gasteiger partial charge in [-0.15, -0.1) is 0 Å². The second kappa shape index (κ2) is 10.6. The van der Waals surface area contributed by atoms with Crippen molar-refractivity contribution in [3.8, 4) is 22.8 Å². The molecule has 0 spiro atoms. The summed E-state index contributed by atoms with van der Waals surface area (Å²) >= 11 is 0. The topological polar surface area (TPSA) is 58.0 Å². The number of anilines is 5. The summed E-state index contributed by atoms with van der Waals surface area (Å²) in [5, 5.41) is 0. The summed E-state index contributed by atoms with van der Waals surface area (Å²) in [5.41, 5.74) is 11.2. The number of aromatic nitrogens is 4. The lowest BCUT2D eigenvalue weighted by Crippen LogP contribution is -2.33. The molecule has 47 heavy (non-hydrogen) atoms. The first-order valence-corrected chi connectivity index (χ1v) is 16.1. The van der Waals surface area contributed by atoms with E-state index in [2.05, 4.69) is 153 Å². The molecular formula is C41H32N6. The van der Waals surface area contributed by atoms with Crippen molar-refractivity contribution in [1.29, 1.82) is 0 Å². The molecule has 2 aliphatic heterocycles. The van der Waals surface area contributed by atoms with Crippen LogP contribution in [0.3, 0.4) is 0 Å². The van der Waals surface area contributed by atoms with Crippen molar-refractivity contribution in [2.45, 2.75) is 31.2 Å². The Balaban J connectivity index is 1.37. The maximum atomic E-state index is 4.65. The smallest absolute Gasteiger partial charge is 0.159 e. The van der Waals surface area contributed by atoms with E-state index in [1.54, 1.807) is 24.8 Å². The van der Waals surface area contributed by atoms with Crippen LogP contribution >= 0.6 is 0 Å². The van der Waals surface area contributed by atoms with Gasteiger partial charge in [-0.1, -0.05) is 86.7 Å². The van der Waals surface area contributed by atoms with Crippen molar-refractivity contribution in [3.63, 3.8) is 0 Å². The van der Waals surface area contributed by atoms with Gasteiger partial charge in [0.15, 0.2) is 11.6 Å².